The summed E-state index contributed by atoms with van der Waals surface area (Å²) < 4.78 is 32.0. The van der Waals surface area contributed by atoms with Crippen molar-refractivity contribution in [3.8, 4) is 5.75 Å². The molecular weight excluding hydrogens is 466 g/mol. The number of aryl methyl sites for hydroxylation is 2. The Balaban J connectivity index is 2.47. The number of anilines is 1. The molecule has 9 heteroatoms. The number of amides is 2. The third-order valence-electron chi connectivity index (χ3n) is 6.05. The summed E-state index contributed by atoms with van der Waals surface area (Å²) in [6, 6.07) is 11.9. The lowest BCUT2D eigenvalue weighted by molar-refractivity contribution is -0.139. The van der Waals surface area contributed by atoms with Gasteiger partial charge in [0.05, 0.1) is 19.1 Å². The summed E-state index contributed by atoms with van der Waals surface area (Å²) >= 11 is 0. The highest BCUT2D eigenvalue weighted by Gasteiger charge is 2.31. The van der Waals surface area contributed by atoms with Crippen LogP contribution in [0.3, 0.4) is 0 Å². The Kier molecular flexibility index (Phi) is 9.71. The van der Waals surface area contributed by atoms with E-state index in [1.165, 1.54) is 12.0 Å². The van der Waals surface area contributed by atoms with Crippen LogP contribution in [0.5, 0.6) is 5.75 Å². The van der Waals surface area contributed by atoms with E-state index in [-0.39, 0.29) is 24.2 Å². The minimum absolute atomic E-state index is 0.0514. The lowest BCUT2D eigenvalue weighted by atomic mass is 10.1. The normalized spacial score (nSPS) is 13.0. The Morgan fingerprint density at radius 1 is 1.09 bits per heavy atom. The molecule has 0 bridgehead atoms. The van der Waals surface area contributed by atoms with Gasteiger partial charge in [-0.3, -0.25) is 13.9 Å². The van der Waals surface area contributed by atoms with E-state index in [9.17, 15) is 18.0 Å². The van der Waals surface area contributed by atoms with Gasteiger partial charge in [-0.2, -0.15) is 0 Å². The van der Waals surface area contributed by atoms with Crippen LogP contribution in [-0.2, 0) is 26.2 Å². The number of rotatable bonds is 11. The number of benzene rings is 2. The van der Waals surface area contributed by atoms with E-state index in [0.717, 1.165) is 33.7 Å². The van der Waals surface area contributed by atoms with Crippen LogP contribution in [-0.4, -0.2) is 57.1 Å². The van der Waals surface area contributed by atoms with Crippen LogP contribution >= 0.6 is 0 Å². The fourth-order valence-corrected chi connectivity index (χ4v) is 4.45. The van der Waals surface area contributed by atoms with Gasteiger partial charge in [0.15, 0.2) is 0 Å². The van der Waals surface area contributed by atoms with Crippen molar-refractivity contribution in [2.24, 2.45) is 0 Å². The highest BCUT2D eigenvalue weighted by atomic mass is 32.2. The summed E-state index contributed by atoms with van der Waals surface area (Å²) in [5.41, 5.74) is 2.94. The molecule has 0 radical (unpaired) electrons. The number of ether oxygens (including phenoxy) is 1. The molecular formula is C26H37N3O5S. The van der Waals surface area contributed by atoms with Gasteiger partial charge < -0.3 is 15.0 Å². The molecule has 2 atom stereocenters. The van der Waals surface area contributed by atoms with Crippen molar-refractivity contribution in [3.05, 3.63) is 59.2 Å². The first-order valence-electron chi connectivity index (χ1n) is 11.7. The summed E-state index contributed by atoms with van der Waals surface area (Å²) in [7, 11) is -2.39. The van der Waals surface area contributed by atoms with Crippen LogP contribution in [0.25, 0.3) is 0 Å². The largest absolute Gasteiger partial charge is 0.495 e. The Labute approximate surface area is 209 Å². The first kappa shape index (κ1) is 28.2. The van der Waals surface area contributed by atoms with Crippen molar-refractivity contribution in [2.75, 3.05) is 24.2 Å². The molecule has 2 aromatic rings. The zero-order valence-electron chi connectivity index (χ0n) is 21.7. The number of nitrogens with zero attached hydrogens (tertiary/aromatic N) is 2. The Morgan fingerprint density at radius 3 is 2.31 bits per heavy atom. The minimum atomic E-state index is -3.84. The van der Waals surface area contributed by atoms with Crippen molar-refractivity contribution in [1.82, 2.24) is 10.2 Å². The quantitative estimate of drug-likeness (QED) is 0.507. The number of carbonyl (C=O) groups is 2. The first-order valence-corrected chi connectivity index (χ1v) is 13.5. The van der Waals surface area contributed by atoms with Gasteiger partial charge in [0.1, 0.15) is 18.3 Å². The molecule has 0 aliphatic carbocycles. The Bertz CT molecular complexity index is 1150. The third-order valence-corrected chi connectivity index (χ3v) is 7.18. The molecule has 2 rings (SSSR count). The van der Waals surface area contributed by atoms with Crippen LogP contribution in [0.2, 0.25) is 0 Å². The van der Waals surface area contributed by atoms with Gasteiger partial charge in [0, 0.05) is 12.6 Å². The summed E-state index contributed by atoms with van der Waals surface area (Å²) in [6.45, 7) is 8.98. The lowest BCUT2D eigenvalue weighted by Gasteiger charge is -2.32. The van der Waals surface area contributed by atoms with Crippen LogP contribution < -0.4 is 14.4 Å². The standard InChI is InChI=1S/C26H37N3O5S/c1-8-20(4)27-26(31)21(5)28(16-22-12-10-9-11-19(22)3)25(30)17-29(35(7,32)33)23-15-18(2)13-14-24(23)34-6/h9-15,20-21H,8,16-17H2,1-7H3,(H,27,31). The maximum absolute atomic E-state index is 13.7. The van der Waals surface area contributed by atoms with Gasteiger partial charge in [-0.15, -0.1) is 0 Å². The molecule has 35 heavy (non-hydrogen) atoms. The number of nitrogens with one attached hydrogen (secondary N) is 1. The molecule has 0 heterocycles. The van der Waals surface area contributed by atoms with Crippen molar-refractivity contribution in [2.45, 2.75) is 59.7 Å². The fourth-order valence-electron chi connectivity index (χ4n) is 3.61. The number of carbonyl (C=O) groups excluding carboxylic acids is 2. The predicted octanol–water partition coefficient (Wildman–Crippen LogP) is 3.41. The number of sulfonamides is 1. The molecule has 0 saturated heterocycles. The molecule has 2 unspecified atom stereocenters. The molecule has 0 fully saturated rings. The second-order valence-electron chi connectivity index (χ2n) is 8.89. The molecule has 8 nitrogen and oxygen atoms in total. The zero-order chi connectivity index (χ0) is 26.3. The maximum atomic E-state index is 13.7. The van der Waals surface area contributed by atoms with E-state index < -0.39 is 28.5 Å². The predicted molar refractivity (Wildman–Crippen MR) is 139 cm³/mol. The third kappa shape index (κ3) is 7.45. The zero-order valence-corrected chi connectivity index (χ0v) is 22.5. The topological polar surface area (TPSA) is 96.0 Å². The highest BCUT2D eigenvalue weighted by molar-refractivity contribution is 7.92. The summed E-state index contributed by atoms with van der Waals surface area (Å²) in [6.07, 6.45) is 1.80. The number of hydrogen-bond donors (Lipinski definition) is 1. The molecule has 0 aromatic heterocycles. The highest BCUT2D eigenvalue weighted by Crippen LogP contribution is 2.31. The lowest BCUT2D eigenvalue weighted by Crippen LogP contribution is -2.52. The molecule has 0 saturated carbocycles. The molecule has 2 aromatic carbocycles. The van der Waals surface area contributed by atoms with E-state index in [2.05, 4.69) is 5.32 Å². The second kappa shape index (κ2) is 12.1. The van der Waals surface area contributed by atoms with Crippen molar-refractivity contribution in [1.29, 1.82) is 0 Å². The average molecular weight is 504 g/mol. The van der Waals surface area contributed by atoms with Crippen molar-refractivity contribution < 1.29 is 22.7 Å². The summed E-state index contributed by atoms with van der Waals surface area (Å²) in [4.78, 5) is 28.1. The number of methoxy groups -OCH3 is 1. The van der Waals surface area contributed by atoms with Gasteiger partial charge in [0.2, 0.25) is 21.8 Å². The molecule has 0 aliphatic heterocycles. The molecule has 0 spiro atoms. The van der Waals surface area contributed by atoms with E-state index in [0.29, 0.717) is 5.75 Å². The SMILES string of the molecule is CCC(C)NC(=O)C(C)N(Cc1ccccc1C)C(=O)CN(c1cc(C)ccc1OC)S(C)(=O)=O. The average Bonchev–Trinajstić information content (AvgIpc) is 2.80. The Hall–Kier alpha value is -3.07. The van der Waals surface area contributed by atoms with Gasteiger partial charge in [-0.1, -0.05) is 37.3 Å². The molecule has 0 aliphatic rings. The number of hydrogen-bond acceptors (Lipinski definition) is 5. The second-order valence-corrected chi connectivity index (χ2v) is 10.8. The molecule has 2 amide bonds. The van der Waals surface area contributed by atoms with Gasteiger partial charge >= 0.3 is 0 Å². The maximum Gasteiger partial charge on any atom is 0.244 e. The van der Waals surface area contributed by atoms with Crippen LogP contribution in [0, 0.1) is 13.8 Å². The molecule has 1 N–H and O–H groups in total. The smallest absolute Gasteiger partial charge is 0.244 e. The Morgan fingerprint density at radius 2 is 1.74 bits per heavy atom. The van der Waals surface area contributed by atoms with Gasteiger partial charge in [-0.25, -0.2) is 8.42 Å². The van der Waals surface area contributed by atoms with Crippen LogP contribution in [0.15, 0.2) is 42.5 Å². The van der Waals surface area contributed by atoms with Crippen molar-refractivity contribution >= 4 is 27.5 Å². The van der Waals surface area contributed by atoms with Crippen LogP contribution in [0.4, 0.5) is 5.69 Å². The van der Waals surface area contributed by atoms with E-state index in [1.54, 1.807) is 25.1 Å². The van der Waals surface area contributed by atoms with Gasteiger partial charge in [-0.05, 0) is 62.9 Å². The summed E-state index contributed by atoms with van der Waals surface area (Å²) in [5.74, 6) is -0.448. The monoisotopic (exact) mass is 503 g/mol. The summed E-state index contributed by atoms with van der Waals surface area (Å²) in [5, 5.41) is 2.92. The van der Waals surface area contributed by atoms with Crippen molar-refractivity contribution in [3.63, 3.8) is 0 Å². The molecule has 192 valence electrons. The van der Waals surface area contributed by atoms with Gasteiger partial charge in [0.25, 0.3) is 0 Å². The fraction of sp³-hybridized carbons (Fsp3) is 0.462. The minimum Gasteiger partial charge on any atom is -0.495 e. The van der Waals surface area contributed by atoms with E-state index in [4.69, 9.17) is 4.74 Å². The van der Waals surface area contributed by atoms with E-state index >= 15 is 0 Å². The first-order chi connectivity index (χ1) is 16.4. The van der Waals surface area contributed by atoms with E-state index in [1.807, 2.05) is 52.0 Å². The van der Waals surface area contributed by atoms with Crippen LogP contribution in [0.1, 0.15) is 43.9 Å².